The number of nitrogens with two attached hydrogens (primary N) is 1. The van der Waals surface area contributed by atoms with E-state index in [1.165, 1.54) is 0 Å². The van der Waals surface area contributed by atoms with Crippen LogP contribution in [0.25, 0.3) is 0 Å². The number of benzene rings is 1. The number of aryl methyl sites for hydroxylation is 1. The second kappa shape index (κ2) is 6.17. The number of aliphatic hydroxyl groups is 1. The zero-order valence-electron chi connectivity index (χ0n) is 12.0. The Morgan fingerprint density at radius 1 is 1.35 bits per heavy atom. The molecule has 0 bridgehead atoms. The van der Waals surface area contributed by atoms with Crippen molar-refractivity contribution in [3.8, 4) is 0 Å². The summed E-state index contributed by atoms with van der Waals surface area (Å²) in [7, 11) is 3.92. The fourth-order valence-corrected chi connectivity index (χ4v) is 2.31. The molecule has 0 aliphatic heterocycles. The van der Waals surface area contributed by atoms with Gasteiger partial charge in [-0.2, -0.15) is 0 Å². The van der Waals surface area contributed by atoms with Gasteiger partial charge in [-0.15, -0.1) is 0 Å². The van der Waals surface area contributed by atoms with Crippen LogP contribution in [0.5, 0.6) is 0 Å². The quantitative estimate of drug-likeness (QED) is 0.813. The summed E-state index contributed by atoms with van der Waals surface area (Å²) < 4.78 is 1.97. The Morgan fingerprint density at radius 3 is 2.60 bits per heavy atom. The minimum atomic E-state index is -1.04. The van der Waals surface area contributed by atoms with Crippen LogP contribution in [0.15, 0.2) is 42.7 Å². The van der Waals surface area contributed by atoms with Crippen molar-refractivity contribution in [2.45, 2.75) is 12.1 Å². The van der Waals surface area contributed by atoms with Gasteiger partial charge >= 0.3 is 0 Å². The van der Waals surface area contributed by atoms with E-state index in [-0.39, 0.29) is 6.54 Å². The van der Waals surface area contributed by atoms with E-state index >= 15 is 0 Å². The van der Waals surface area contributed by atoms with Crippen LogP contribution in [0, 0.1) is 0 Å². The molecule has 1 aromatic heterocycles. The maximum Gasteiger partial charge on any atom is 0.122 e. The Labute approximate surface area is 119 Å². The molecule has 1 heterocycles. The van der Waals surface area contributed by atoms with Crippen molar-refractivity contribution in [3.05, 3.63) is 54.1 Å². The molecule has 1 unspecified atom stereocenters. The molecule has 108 valence electrons. The van der Waals surface area contributed by atoms with Crippen LogP contribution in [0.2, 0.25) is 0 Å². The van der Waals surface area contributed by atoms with Crippen molar-refractivity contribution in [1.29, 1.82) is 0 Å². The molecule has 0 aliphatic carbocycles. The van der Waals surface area contributed by atoms with Crippen LogP contribution in [0.4, 0.5) is 0 Å². The Balaban J connectivity index is 2.08. The van der Waals surface area contributed by atoms with Gasteiger partial charge in [0.1, 0.15) is 11.4 Å². The first-order chi connectivity index (χ1) is 9.55. The standard InChI is InChI=1S/C15H22N4O/c1-18(10-14-17-8-9-19(14)2)12-15(20,11-16)13-6-4-3-5-7-13/h3-9,20H,10-12,16H2,1-2H3. The lowest BCUT2D eigenvalue weighted by Gasteiger charge is -2.31. The highest BCUT2D eigenvalue weighted by Crippen LogP contribution is 2.21. The van der Waals surface area contributed by atoms with Crippen molar-refractivity contribution in [3.63, 3.8) is 0 Å². The normalized spacial score (nSPS) is 14.4. The van der Waals surface area contributed by atoms with E-state index in [0.29, 0.717) is 13.1 Å². The lowest BCUT2D eigenvalue weighted by molar-refractivity contribution is 0.0112. The molecule has 0 saturated carbocycles. The highest BCUT2D eigenvalue weighted by atomic mass is 16.3. The third kappa shape index (κ3) is 3.25. The smallest absolute Gasteiger partial charge is 0.122 e. The number of hydrogen-bond acceptors (Lipinski definition) is 4. The first-order valence-electron chi connectivity index (χ1n) is 6.68. The topological polar surface area (TPSA) is 67.3 Å². The van der Waals surface area contributed by atoms with E-state index in [0.717, 1.165) is 11.4 Å². The first-order valence-corrected chi connectivity index (χ1v) is 6.68. The van der Waals surface area contributed by atoms with E-state index < -0.39 is 5.60 Å². The van der Waals surface area contributed by atoms with Gasteiger partial charge in [-0.05, 0) is 12.6 Å². The summed E-state index contributed by atoms with van der Waals surface area (Å²) >= 11 is 0. The predicted molar refractivity (Wildman–Crippen MR) is 78.9 cm³/mol. The summed E-state index contributed by atoms with van der Waals surface area (Å²) in [6.07, 6.45) is 3.69. The van der Waals surface area contributed by atoms with Crippen molar-refractivity contribution < 1.29 is 5.11 Å². The molecule has 2 aromatic rings. The van der Waals surface area contributed by atoms with Gasteiger partial charge in [0.2, 0.25) is 0 Å². The summed E-state index contributed by atoms with van der Waals surface area (Å²) in [5.74, 6) is 0.958. The molecule has 0 radical (unpaired) electrons. The van der Waals surface area contributed by atoms with Crippen LogP contribution in [-0.2, 0) is 19.2 Å². The third-order valence-electron chi connectivity index (χ3n) is 3.51. The fourth-order valence-electron chi connectivity index (χ4n) is 2.31. The first kappa shape index (κ1) is 14.7. The highest BCUT2D eigenvalue weighted by molar-refractivity contribution is 5.23. The lowest BCUT2D eigenvalue weighted by Crippen LogP contribution is -2.44. The number of imidazole rings is 1. The van der Waals surface area contributed by atoms with E-state index in [1.54, 1.807) is 6.20 Å². The molecule has 0 saturated heterocycles. The van der Waals surface area contributed by atoms with Crippen LogP contribution in [0.3, 0.4) is 0 Å². The number of rotatable bonds is 6. The van der Waals surface area contributed by atoms with Gasteiger partial charge in [0.25, 0.3) is 0 Å². The number of likely N-dealkylation sites (N-methyl/N-ethyl adjacent to an activating group) is 1. The van der Waals surface area contributed by atoms with Gasteiger partial charge in [-0.1, -0.05) is 30.3 Å². The SMILES string of the molecule is CN(Cc1nccn1C)CC(O)(CN)c1ccccc1. The van der Waals surface area contributed by atoms with Crippen molar-refractivity contribution in [2.75, 3.05) is 20.1 Å². The average molecular weight is 274 g/mol. The molecule has 20 heavy (non-hydrogen) atoms. The van der Waals surface area contributed by atoms with Gasteiger partial charge in [0.15, 0.2) is 0 Å². The summed E-state index contributed by atoms with van der Waals surface area (Å²) in [5, 5.41) is 10.8. The Hall–Kier alpha value is -1.69. The Morgan fingerprint density at radius 2 is 2.05 bits per heavy atom. The maximum atomic E-state index is 10.8. The van der Waals surface area contributed by atoms with Gasteiger partial charge < -0.3 is 15.4 Å². The Bertz CT molecular complexity index is 540. The van der Waals surface area contributed by atoms with Crippen LogP contribution < -0.4 is 5.73 Å². The molecular formula is C15H22N4O. The van der Waals surface area contributed by atoms with Crippen molar-refractivity contribution in [1.82, 2.24) is 14.5 Å². The third-order valence-corrected chi connectivity index (χ3v) is 3.51. The molecule has 0 spiro atoms. The molecule has 0 fully saturated rings. The summed E-state index contributed by atoms with van der Waals surface area (Å²) in [6.45, 7) is 1.31. The van der Waals surface area contributed by atoms with Crippen molar-refractivity contribution >= 4 is 0 Å². The molecule has 3 N–H and O–H groups in total. The van der Waals surface area contributed by atoms with Crippen LogP contribution in [-0.4, -0.2) is 39.7 Å². The molecule has 5 nitrogen and oxygen atoms in total. The number of hydrogen-bond donors (Lipinski definition) is 2. The van der Waals surface area contributed by atoms with Gasteiger partial charge in [-0.25, -0.2) is 4.98 Å². The molecule has 1 aromatic carbocycles. The summed E-state index contributed by atoms with van der Waals surface area (Å²) in [6, 6.07) is 9.56. The second-order valence-corrected chi connectivity index (χ2v) is 5.23. The number of aromatic nitrogens is 2. The molecule has 2 rings (SSSR count). The van der Waals surface area contributed by atoms with Gasteiger partial charge in [0.05, 0.1) is 6.54 Å². The summed E-state index contributed by atoms with van der Waals surface area (Å²) in [4.78, 5) is 6.32. The predicted octanol–water partition coefficient (Wildman–Crippen LogP) is 0.698. The van der Waals surface area contributed by atoms with E-state index in [1.807, 2.05) is 60.1 Å². The average Bonchev–Trinajstić information content (AvgIpc) is 2.85. The highest BCUT2D eigenvalue weighted by Gasteiger charge is 2.29. The monoisotopic (exact) mass is 274 g/mol. The molecule has 5 heteroatoms. The number of nitrogens with zero attached hydrogens (tertiary/aromatic N) is 3. The van der Waals surface area contributed by atoms with Crippen molar-refractivity contribution in [2.24, 2.45) is 12.8 Å². The van der Waals surface area contributed by atoms with E-state index in [9.17, 15) is 5.11 Å². The molecule has 0 aliphatic rings. The minimum absolute atomic E-state index is 0.182. The van der Waals surface area contributed by atoms with E-state index in [4.69, 9.17) is 5.73 Å². The molecule has 1 atom stereocenters. The van der Waals surface area contributed by atoms with Gasteiger partial charge in [0, 0.05) is 32.5 Å². The molecular weight excluding hydrogens is 252 g/mol. The summed E-state index contributed by atoms with van der Waals surface area (Å²) in [5.41, 5.74) is 5.59. The van der Waals surface area contributed by atoms with Crippen LogP contribution in [0.1, 0.15) is 11.4 Å². The minimum Gasteiger partial charge on any atom is -0.382 e. The largest absolute Gasteiger partial charge is 0.382 e. The maximum absolute atomic E-state index is 10.8. The fraction of sp³-hybridized carbons (Fsp3) is 0.400. The second-order valence-electron chi connectivity index (χ2n) is 5.23. The lowest BCUT2D eigenvalue weighted by atomic mass is 9.93. The zero-order valence-corrected chi connectivity index (χ0v) is 12.0. The van der Waals surface area contributed by atoms with E-state index in [2.05, 4.69) is 4.98 Å². The van der Waals surface area contributed by atoms with Gasteiger partial charge in [-0.3, -0.25) is 4.90 Å². The zero-order chi connectivity index (χ0) is 14.6. The Kier molecular flexibility index (Phi) is 4.54. The van der Waals surface area contributed by atoms with Crippen LogP contribution >= 0.6 is 0 Å². The molecule has 0 amide bonds.